The average Bonchev–Trinajstić information content (AvgIpc) is 3.14. The van der Waals surface area contributed by atoms with E-state index in [1.807, 2.05) is 30.3 Å². The van der Waals surface area contributed by atoms with Crippen LogP contribution in [0.4, 0.5) is 0 Å². The van der Waals surface area contributed by atoms with Crippen LogP contribution in [0.3, 0.4) is 0 Å². The number of hydrogen-bond acceptors (Lipinski definition) is 4. The second kappa shape index (κ2) is 7.83. The number of nitrogens with one attached hydrogen (secondary N) is 2. The first-order chi connectivity index (χ1) is 12.2. The lowest BCUT2D eigenvalue weighted by atomic mass is 10.2. The fourth-order valence-electron chi connectivity index (χ4n) is 2.16. The first kappa shape index (κ1) is 16.3. The highest BCUT2D eigenvalue weighted by atomic mass is 16.5. The first-order valence-corrected chi connectivity index (χ1v) is 7.64. The van der Waals surface area contributed by atoms with E-state index in [2.05, 4.69) is 10.9 Å². The Bertz CT molecular complexity index is 844. The van der Waals surface area contributed by atoms with E-state index in [0.717, 1.165) is 0 Å². The monoisotopic (exact) mass is 336 g/mol. The Morgan fingerprint density at radius 2 is 1.48 bits per heavy atom. The lowest BCUT2D eigenvalue weighted by molar-refractivity contribution is 0.0829. The van der Waals surface area contributed by atoms with Gasteiger partial charge in [0.25, 0.3) is 5.91 Å². The van der Waals surface area contributed by atoms with Gasteiger partial charge in [-0.25, -0.2) is 0 Å². The number of hydrazine groups is 1. The fourth-order valence-corrected chi connectivity index (χ4v) is 2.16. The second-order valence-corrected chi connectivity index (χ2v) is 5.15. The van der Waals surface area contributed by atoms with E-state index >= 15 is 0 Å². The summed E-state index contributed by atoms with van der Waals surface area (Å²) in [5.74, 6) is -0.194. The standard InChI is InChI=1S/C19H16N2O4/c22-18(14-7-3-1-4-8-14)20-21-19(23)17-15(11-12-24-17)13-25-16-9-5-2-6-10-16/h1-12H,13H2,(H,20,22)(H,21,23). The van der Waals surface area contributed by atoms with Crippen LogP contribution < -0.4 is 15.6 Å². The number of ether oxygens (including phenoxy) is 1. The number of rotatable bonds is 5. The average molecular weight is 336 g/mol. The molecular formula is C19H16N2O4. The van der Waals surface area contributed by atoms with Gasteiger partial charge >= 0.3 is 5.91 Å². The van der Waals surface area contributed by atoms with Crippen LogP contribution in [0.2, 0.25) is 0 Å². The van der Waals surface area contributed by atoms with Crippen LogP contribution in [0.5, 0.6) is 5.75 Å². The Labute approximate surface area is 144 Å². The topological polar surface area (TPSA) is 80.6 Å². The van der Waals surface area contributed by atoms with E-state index in [1.54, 1.807) is 36.4 Å². The molecule has 0 aliphatic carbocycles. The summed E-state index contributed by atoms with van der Waals surface area (Å²) in [7, 11) is 0. The lowest BCUT2D eigenvalue weighted by Gasteiger charge is -2.08. The summed E-state index contributed by atoms with van der Waals surface area (Å²) in [6.07, 6.45) is 1.40. The number of amides is 2. The van der Waals surface area contributed by atoms with Crippen LogP contribution in [0, 0.1) is 0 Å². The van der Waals surface area contributed by atoms with Crippen molar-refractivity contribution in [2.45, 2.75) is 6.61 Å². The van der Waals surface area contributed by atoms with Gasteiger partial charge in [0.15, 0.2) is 5.76 Å². The van der Waals surface area contributed by atoms with Gasteiger partial charge in [0.05, 0.1) is 6.26 Å². The van der Waals surface area contributed by atoms with Crippen LogP contribution in [0.1, 0.15) is 26.5 Å². The van der Waals surface area contributed by atoms with Crippen molar-refractivity contribution in [1.82, 2.24) is 10.9 Å². The first-order valence-electron chi connectivity index (χ1n) is 7.64. The Kier molecular flexibility index (Phi) is 5.11. The summed E-state index contributed by atoms with van der Waals surface area (Å²) in [4.78, 5) is 24.1. The molecule has 0 bridgehead atoms. The number of hydrogen-bond donors (Lipinski definition) is 2. The van der Waals surface area contributed by atoms with E-state index in [-0.39, 0.29) is 12.4 Å². The van der Waals surface area contributed by atoms with Crippen molar-refractivity contribution >= 4 is 11.8 Å². The minimum absolute atomic E-state index is 0.0873. The molecule has 0 atom stereocenters. The molecule has 3 rings (SSSR count). The van der Waals surface area contributed by atoms with Crippen LogP contribution in [0.15, 0.2) is 77.4 Å². The summed E-state index contributed by atoms with van der Waals surface area (Å²) in [5.41, 5.74) is 5.70. The smallest absolute Gasteiger partial charge is 0.305 e. The molecule has 6 nitrogen and oxygen atoms in total. The van der Waals surface area contributed by atoms with Crippen LogP contribution in [-0.2, 0) is 6.61 Å². The van der Waals surface area contributed by atoms with Gasteiger partial charge < -0.3 is 9.15 Å². The molecular weight excluding hydrogens is 320 g/mol. The van der Waals surface area contributed by atoms with E-state index in [1.165, 1.54) is 6.26 Å². The maximum absolute atomic E-state index is 12.2. The van der Waals surface area contributed by atoms with Gasteiger partial charge in [-0.3, -0.25) is 20.4 Å². The highest BCUT2D eigenvalue weighted by molar-refractivity contribution is 5.98. The van der Waals surface area contributed by atoms with Gasteiger partial charge in [-0.1, -0.05) is 36.4 Å². The number of benzene rings is 2. The van der Waals surface area contributed by atoms with Gasteiger partial charge in [-0.05, 0) is 30.3 Å². The predicted molar refractivity (Wildman–Crippen MR) is 90.9 cm³/mol. The van der Waals surface area contributed by atoms with Crippen molar-refractivity contribution in [3.05, 3.63) is 89.9 Å². The molecule has 6 heteroatoms. The summed E-state index contributed by atoms with van der Waals surface area (Å²) >= 11 is 0. The largest absolute Gasteiger partial charge is 0.489 e. The van der Waals surface area contributed by atoms with Gasteiger partial charge in [0.1, 0.15) is 12.4 Å². The summed E-state index contributed by atoms with van der Waals surface area (Å²) in [6, 6.07) is 19.5. The Hall–Kier alpha value is -3.54. The molecule has 0 unspecified atom stereocenters. The molecule has 1 heterocycles. The molecule has 0 saturated carbocycles. The molecule has 2 aromatic carbocycles. The highest BCUT2D eigenvalue weighted by Gasteiger charge is 2.17. The fraction of sp³-hybridized carbons (Fsp3) is 0.0526. The number of furan rings is 1. The van der Waals surface area contributed by atoms with Crippen molar-refractivity contribution < 1.29 is 18.7 Å². The number of carbonyl (C=O) groups is 2. The summed E-state index contributed by atoms with van der Waals surface area (Å²) in [5, 5.41) is 0. The van der Waals surface area contributed by atoms with Crippen LogP contribution in [0.25, 0.3) is 0 Å². The normalized spacial score (nSPS) is 10.1. The zero-order valence-corrected chi connectivity index (χ0v) is 13.3. The number of para-hydroxylation sites is 1. The van der Waals surface area contributed by atoms with Gasteiger partial charge in [0.2, 0.25) is 0 Å². The molecule has 126 valence electrons. The molecule has 0 spiro atoms. The maximum atomic E-state index is 12.2. The highest BCUT2D eigenvalue weighted by Crippen LogP contribution is 2.15. The van der Waals surface area contributed by atoms with Gasteiger partial charge in [-0.2, -0.15) is 0 Å². The quantitative estimate of drug-likeness (QED) is 0.702. The van der Waals surface area contributed by atoms with Gasteiger partial charge in [0, 0.05) is 11.1 Å². The molecule has 0 aliphatic heterocycles. The second-order valence-electron chi connectivity index (χ2n) is 5.15. The van der Waals surface area contributed by atoms with E-state index in [0.29, 0.717) is 16.9 Å². The Morgan fingerprint density at radius 1 is 0.840 bits per heavy atom. The van der Waals surface area contributed by atoms with Crippen molar-refractivity contribution in [2.24, 2.45) is 0 Å². The summed E-state index contributed by atoms with van der Waals surface area (Å²) < 4.78 is 10.8. The van der Waals surface area contributed by atoms with Crippen molar-refractivity contribution in [2.75, 3.05) is 0 Å². The third-order valence-corrected chi connectivity index (χ3v) is 3.42. The zero-order valence-electron chi connectivity index (χ0n) is 13.3. The molecule has 0 fully saturated rings. The molecule has 0 radical (unpaired) electrons. The van der Waals surface area contributed by atoms with E-state index < -0.39 is 11.8 Å². The molecule has 3 aromatic rings. The van der Waals surface area contributed by atoms with E-state index in [4.69, 9.17) is 9.15 Å². The minimum atomic E-state index is -0.555. The molecule has 1 aromatic heterocycles. The predicted octanol–water partition coefficient (Wildman–Crippen LogP) is 2.93. The molecule has 0 saturated heterocycles. The van der Waals surface area contributed by atoms with Crippen molar-refractivity contribution in [3.8, 4) is 5.75 Å². The van der Waals surface area contributed by atoms with Crippen molar-refractivity contribution in [1.29, 1.82) is 0 Å². The van der Waals surface area contributed by atoms with Crippen molar-refractivity contribution in [3.63, 3.8) is 0 Å². The molecule has 2 amide bonds. The molecule has 0 aliphatic rings. The molecule has 2 N–H and O–H groups in total. The Morgan fingerprint density at radius 3 is 2.20 bits per heavy atom. The molecule has 25 heavy (non-hydrogen) atoms. The summed E-state index contributed by atoms with van der Waals surface area (Å²) in [6.45, 7) is 0.176. The van der Waals surface area contributed by atoms with Gasteiger partial charge in [-0.15, -0.1) is 0 Å². The Balaban J connectivity index is 1.58. The van der Waals surface area contributed by atoms with Crippen LogP contribution >= 0.6 is 0 Å². The maximum Gasteiger partial charge on any atom is 0.305 e. The third kappa shape index (κ3) is 4.26. The minimum Gasteiger partial charge on any atom is -0.489 e. The lowest BCUT2D eigenvalue weighted by Crippen LogP contribution is -2.41. The SMILES string of the molecule is O=C(NNC(=O)c1occc1COc1ccccc1)c1ccccc1. The third-order valence-electron chi connectivity index (χ3n) is 3.42. The number of carbonyl (C=O) groups excluding carboxylic acids is 2. The zero-order chi connectivity index (χ0) is 17.5. The van der Waals surface area contributed by atoms with Crippen LogP contribution in [-0.4, -0.2) is 11.8 Å². The van der Waals surface area contributed by atoms with E-state index in [9.17, 15) is 9.59 Å².